The van der Waals surface area contributed by atoms with Crippen LogP contribution in [0.15, 0.2) is 46.9 Å². The van der Waals surface area contributed by atoms with Gasteiger partial charge in [-0.05, 0) is 48.2 Å². The van der Waals surface area contributed by atoms with E-state index in [2.05, 4.69) is 24.7 Å². The molecule has 1 heterocycles. The first-order valence-electron chi connectivity index (χ1n) is 10.6. The van der Waals surface area contributed by atoms with Crippen molar-refractivity contribution < 1.29 is 28.6 Å². The first-order chi connectivity index (χ1) is 15.2. The molecule has 0 saturated heterocycles. The third-order valence-corrected chi connectivity index (χ3v) is 5.46. The lowest BCUT2D eigenvalue weighted by molar-refractivity contribution is -0.143. The van der Waals surface area contributed by atoms with E-state index in [1.807, 2.05) is 13.0 Å². The lowest BCUT2D eigenvalue weighted by Crippen LogP contribution is -2.20. The number of fused-ring (bicyclic) bond motifs is 1. The number of hydrogen-bond donors (Lipinski definition) is 2. The second-order valence-electron chi connectivity index (χ2n) is 8.28. The van der Waals surface area contributed by atoms with Gasteiger partial charge in [0.2, 0.25) is 0 Å². The van der Waals surface area contributed by atoms with Gasteiger partial charge < -0.3 is 19.4 Å². The maximum atomic E-state index is 13.5. The molecule has 1 aromatic heterocycles. The largest absolute Gasteiger partial charge is 0.469 e. The number of aliphatic hydroxyl groups excluding tert-OH is 2. The Morgan fingerprint density at radius 1 is 1.16 bits per heavy atom. The molecule has 0 aliphatic rings. The summed E-state index contributed by atoms with van der Waals surface area (Å²) in [5, 5.41) is 21.4. The minimum absolute atomic E-state index is 0.0106. The average Bonchev–Trinajstić information content (AvgIpc) is 3.12. The predicted octanol–water partition coefficient (Wildman–Crippen LogP) is 5.36. The van der Waals surface area contributed by atoms with Crippen LogP contribution in [0.25, 0.3) is 28.4 Å². The predicted molar refractivity (Wildman–Crippen MR) is 123 cm³/mol. The van der Waals surface area contributed by atoms with Crippen LogP contribution in [-0.2, 0) is 9.53 Å². The number of aryl methyl sites for hydroxylation is 1. The van der Waals surface area contributed by atoms with E-state index in [4.69, 9.17) is 4.42 Å². The van der Waals surface area contributed by atoms with Crippen LogP contribution < -0.4 is 0 Å². The minimum Gasteiger partial charge on any atom is -0.469 e. The summed E-state index contributed by atoms with van der Waals surface area (Å²) in [4.78, 5) is 11.3. The number of benzene rings is 2. The highest BCUT2D eigenvalue weighted by atomic mass is 19.1. The zero-order chi connectivity index (χ0) is 23.4. The smallest absolute Gasteiger partial charge is 0.308 e. The summed E-state index contributed by atoms with van der Waals surface area (Å²) in [6.07, 6.45) is 1.15. The Bertz CT molecular complexity index is 1110. The molecule has 2 unspecified atom stereocenters. The van der Waals surface area contributed by atoms with E-state index in [0.29, 0.717) is 5.76 Å². The lowest BCUT2D eigenvalue weighted by atomic mass is 9.93. The molecule has 0 amide bonds. The second kappa shape index (κ2) is 10.1. The summed E-state index contributed by atoms with van der Waals surface area (Å²) in [5.41, 5.74) is 4.32. The number of ether oxygens (including phenoxy) is 1. The monoisotopic (exact) mass is 440 g/mol. The normalized spacial score (nSPS) is 13.8. The van der Waals surface area contributed by atoms with E-state index < -0.39 is 18.2 Å². The number of esters is 1. The van der Waals surface area contributed by atoms with Crippen LogP contribution in [0.1, 0.15) is 49.3 Å². The van der Waals surface area contributed by atoms with Crippen molar-refractivity contribution in [3.63, 3.8) is 0 Å². The third-order valence-electron chi connectivity index (χ3n) is 5.46. The van der Waals surface area contributed by atoms with Gasteiger partial charge in [0, 0.05) is 22.9 Å². The van der Waals surface area contributed by atoms with Crippen LogP contribution in [0, 0.1) is 12.7 Å². The van der Waals surface area contributed by atoms with Crippen molar-refractivity contribution in [2.75, 3.05) is 7.11 Å². The van der Waals surface area contributed by atoms with E-state index in [1.54, 1.807) is 24.3 Å². The van der Waals surface area contributed by atoms with Crippen LogP contribution in [-0.4, -0.2) is 35.5 Å². The SMILES string of the molecule is COC(=O)CC(O)CC(O)C=Cc1c(-c2ccc(F)cc2)oc2c(C)ccc(C(C)C)c12. The van der Waals surface area contributed by atoms with Crippen LogP contribution in [0.5, 0.6) is 0 Å². The van der Waals surface area contributed by atoms with Gasteiger partial charge in [0.15, 0.2) is 0 Å². The molecule has 0 saturated carbocycles. The molecule has 32 heavy (non-hydrogen) atoms. The van der Waals surface area contributed by atoms with Crippen molar-refractivity contribution in [1.29, 1.82) is 0 Å². The molecule has 0 spiro atoms. The molecule has 2 N–H and O–H groups in total. The number of hydrogen-bond acceptors (Lipinski definition) is 5. The summed E-state index contributed by atoms with van der Waals surface area (Å²) < 4.78 is 24.3. The quantitative estimate of drug-likeness (QED) is 0.461. The molecular weight excluding hydrogens is 411 g/mol. The summed E-state index contributed by atoms with van der Waals surface area (Å²) in [7, 11) is 1.25. The van der Waals surface area contributed by atoms with E-state index in [9.17, 15) is 19.4 Å². The van der Waals surface area contributed by atoms with Crippen molar-refractivity contribution in [3.05, 3.63) is 65.0 Å². The van der Waals surface area contributed by atoms with Crippen molar-refractivity contribution in [2.24, 2.45) is 0 Å². The van der Waals surface area contributed by atoms with Gasteiger partial charge in [0.1, 0.15) is 17.2 Å². The average molecular weight is 441 g/mol. The first kappa shape index (κ1) is 23.7. The Morgan fingerprint density at radius 3 is 2.47 bits per heavy atom. The van der Waals surface area contributed by atoms with Gasteiger partial charge in [-0.1, -0.05) is 38.1 Å². The van der Waals surface area contributed by atoms with E-state index in [-0.39, 0.29) is 24.6 Å². The van der Waals surface area contributed by atoms with Gasteiger partial charge in [-0.25, -0.2) is 4.39 Å². The number of rotatable bonds is 8. The molecule has 6 heteroatoms. The van der Waals surface area contributed by atoms with Crippen molar-refractivity contribution in [3.8, 4) is 11.3 Å². The van der Waals surface area contributed by atoms with Gasteiger partial charge in [-0.15, -0.1) is 0 Å². The zero-order valence-electron chi connectivity index (χ0n) is 18.8. The van der Waals surface area contributed by atoms with Gasteiger partial charge in [-0.3, -0.25) is 4.79 Å². The standard InChI is InChI=1S/C26H29FO5/c1-15(2)21-11-5-16(3)25-24(21)22(26(32-25)17-6-8-18(27)9-7-17)12-10-19(28)13-20(29)14-23(30)31-4/h5-12,15,19-20,28-29H,13-14H2,1-4H3. The zero-order valence-corrected chi connectivity index (χ0v) is 18.8. The minimum atomic E-state index is -1.02. The van der Waals surface area contributed by atoms with E-state index in [0.717, 1.165) is 33.2 Å². The van der Waals surface area contributed by atoms with Gasteiger partial charge in [-0.2, -0.15) is 0 Å². The molecule has 0 radical (unpaired) electrons. The molecule has 0 aliphatic heterocycles. The highest BCUT2D eigenvalue weighted by molar-refractivity contribution is 5.98. The van der Waals surface area contributed by atoms with Gasteiger partial charge >= 0.3 is 5.97 Å². The van der Waals surface area contributed by atoms with E-state index in [1.165, 1.54) is 19.2 Å². The molecular formula is C26H29FO5. The topological polar surface area (TPSA) is 79.9 Å². The van der Waals surface area contributed by atoms with Crippen LogP contribution in [0.4, 0.5) is 4.39 Å². The van der Waals surface area contributed by atoms with Crippen LogP contribution in [0.3, 0.4) is 0 Å². The number of carbonyl (C=O) groups is 1. The maximum Gasteiger partial charge on any atom is 0.308 e. The summed E-state index contributed by atoms with van der Waals surface area (Å²) >= 11 is 0. The van der Waals surface area contributed by atoms with Crippen molar-refractivity contribution in [1.82, 2.24) is 0 Å². The molecule has 2 aromatic carbocycles. The second-order valence-corrected chi connectivity index (χ2v) is 8.28. The third kappa shape index (κ3) is 5.26. The Labute approximate surface area is 187 Å². The number of methoxy groups -OCH3 is 1. The molecule has 2 atom stereocenters. The Morgan fingerprint density at radius 2 is 1.84 bits per heavy atom. The molecule has 0 bridgehead atoms. The van der Waals surface area contributed by atoms with Crippen molar-refractivity contribution >= 4 is 23.0 Å². The highest BCUT2D eigenvalue weighted by Crippen LogP contribution is 2.40. The maximum absolute atomic E-state index is 13.5. The summed E-state index contributed by atoms with van der Waals surface area (Å²) in [5.74, 6) is -0.0633. The highest BCUT2D eigenvalue weighted by Gasteiger charge is 2.21. The number of carbonyl (C=O) groups excluding carboxylic acids is 1. The van der Waals surface area contributed by atoms with Crippen LogP contribution >= 0.6 is 0 Å². The Hall–Kier alpha value is -2.96. The molecule has 170 valence electrons. The van der Waals surface area contributed by atoms with Crippen LogP contribution in [0.2, 0.25) is 0 Å². The molecule has 0 fully saturated rings. The summed E-state index contributed by atoms with van der Waals surface area (Å²) in [6, 6.07) is 10.2. The fraction of sp³-hybridized carbons (Fsp3) is 0.346. The molecule has 3 aromatic rings. The number of furan rings is 1. The molecule has 3 rings (SSSR count). The molecule has 5 nitrogen and oxygen atoms in total. The Kier molecular flexibility index (Phi) is 7.48. The fourth-order valence-corrected chi connectivity index (χ4v) is 3.76. The number of halogens is 1. The number of aliphatic hydroxyl groups is 2. The Balaban J connectivity index is 2.06. The fourth-order valence-electron chi connectivity index (χ4n) is 3.76. The van der Waals surface area contributed by atoms with E-state index >= 15 is 0 Å². The van der Waals surface area contributed by atoms with Crippen molar-refractivity contribution in [2.45, 2.75) is 51.7 Å². The summed E-state index contributed by atoms with van der Waals surface area (Å²) in [6.45, 7) is 6.16. The van der Waals surface area contributed by atoms with Gasteiger partial charge in [0.25, 0.3) is 0 Å². The van der Waals surface area contributed by atoms with Gasteiger partial charge in [0.05, 0.1) is 25.7 Å². The first-order valence-corrected chi connectivity index (χ1v) is 10.6. The lowest BCUT2D eigenvalue weighted by Gasteiger charge is -2.12. The molecule has 0 aliphatic carbocycles.